The molecule has 2 aromatic rings. The van der Waals surface area contributed by atoms with E-state index >= 15 is 0 Å². The fourth-order valence-corrected chi connectivity index (χ4v) is 3.02. The van der Waals surface area contributed by atoms with Gasteiger partial charge in [0.15, 0.2) is 0 Å². The molecule has 1 saturated heterocycles. The van der Waals surface area contributed by atoms with Crippen molar-refractivity contribution in [3.63, 3.8) is 0 Å². The van der Waals surface area contributed by atoms with E-state index in [0.29, 0.717) is 29.6 Å². The van der Waals surface area contributed by atoms with Crippen LogP contribution in [0.3, 0.4) is 0 Å². The number of nitrogens with one attached hydrogen (secondary N) is 2. The summed E-state index contributed by atoms with van der Waals surface area (Å²) in [5, 5.41) is 6.00. The number of ether oxygens (including phenoxy) is 4. The predicted octanol–water partition coefficient (Wildman–Crippen LogP) is 3.09. The Morgan fingerprint density at radius 3 is 2.27 bits per heavy atom. The van der Waals surface area contributed by atoms with Crippen LogP contribution in [0.15, 0.2) is 47.5 Å². The van der Waals surface area contributed by atoms with Gasteiger partial charge in [-0.2, -0.15) is 0 Å². The monoisotopic (exact) mass is 413 g/mol. The van der Waals surface area contributed by atoms with E-state index in [-0.39, 0.29) is 12.0 Å². The zero-order chi connectivity index (χ0) is 21.3. The van der Waals surface area contributed by atoms with Crippen LogP contribution in [0, 0.1) is 0 Å². The number of carbonyl (C=O) groups excluding carboxylic acids is 1. The minimum atomic E-state index is -0.334. The summed E-state index contributed by atoms with van der Waals surface area (Å²) in [5.74, 6) is 1.80. The van der Waals surface area contributed by atoms with Gasteiger partial charge in [-0.25, -0.2) is 4.99 Å². The molecule has 0 aromatic heterocycles. The molecule has 1 fully saturated rings. The maximum absolute atomic E-state index is 12.9. The maximum Gasteiger partial charge on any atom is 0.258 e. The molecule has 0 saturated carbocycles. The molecule has 3 rings (SSSR count). The van der Waals surface area contributed by atoms with Gasteiger partial charge in [0.05, 0.1) is 34.0 Å². The Morgan fingerprint density at radius 1 is 1.03 bits per heavy atom. The molecule has 2 N–H and O–H groups in total. The lowest BCUT2D eigenvalue weighted by atomic mass is 10.2. The number of carbonyl (C=O) groups is 1. The molecule has 1 aliphatic rings. The zero-order valence-electron chi connectivity index (χ0n) is 17.4. The Hall–Kier alpha value is -3.26. The summed E-state index contributed by atoms with van der Waals surface area (Å²) in [4.78, 5) is 17.4. The molecule has 0 aliphatic carbocycles. The van der Waals surface area contributed by atoms with E-state index in [0.717, 1.165) is 30.9 Å². The maximum atomic E-state index is 12.9. The quantitative estimate of drug-likeness (QED) is 0.536. The second-order valence-corrected chi connectivity index (χ2v) is 6.73. The SMILES string of the molecule is COc1ccc(NC(=NC[C@H]2CCCO2)NC(=O)c2cc(OC)cc(OC)c2)cc1. The van der Waals surface area contributed by atoms with Crippen LogP contribution in [0.4, 0.5) is 5.69 Å². The van der Waals surface area contributed by atoms with Crippen LogP contribution >= 0.6 is 0 Å². The summed E-state index contributed by atoms with van der Waals surface area (Å²) >= 11 is 0. The van der Waals surface area contributed by atoms with Crippen molar-refractivity contribution in [3.8, 4) is 17.2 Å². The number of aliphatic imine (C=N–C) groups is 1. The molecule has 0 unspecified atom stereocenters. The van der Waals surface area contributed by atoms with E-state index in [1.165, 1.54) is 14.2 Å². The first-order valence-electron chi connectivity index (χ1n) is 9.73. The lowest BCUT2D eigenvalue weighted by Crippen LogP contribution is -2.36. The first kappa shape index (κ1) is 21.4. The Balaban J connectivity index is 1.78. The smallest absolute Gasteiger partial charge is 0.258 e. The molecule has 0 radical (unpaired) electrons. The topological polar surface area (TPSA) is 90.4 Å². The highest BCUT2D eigenvalue weighted by molar-refractivity contribution is 6.10. The third kappa shape index (κ3) is 5.87. The fourth-order valence-electron chi connectivity index (χ4n) is 3.02. The van der Waals surface area contributed by atoms with E-state index in [1.807, 2.05) is 24.3 Å². The number of hydrogen-bond donors (Lipinski definition) is 2. The Labute approximate surface area is 176 Å². The van der Waals surface area contributed by atoms with Crippen molar-refractivity contribution < 1.29 is 23.7 Å². The summed E-state index contributed by atoms with van der Waals surface area (Å²) in [6.07, 6.45) is 2.05. The number of rotatable bonds is 7. The van der Waals surface area contributed by atoms with Crippen LogP contribution in [-0.4, -0.2) is 52.5 Å². The molecule has 2 aromatic carbocycles. The average Bonchev–Trinajstić information content (AvgIpc) is 3.31. The second kappa shape index (κ2) is 10.5. The van der Waals surface area contributed by atoms with Gasteiger partial charge in [0, 0.05) is 23.9 Å². The van der Waals surface area contributed by atoms with Gasteiger partial charge in [0.2, 0.25) is 5.96 Å². The lowest BCUT2D eigenvalue weighted by molar-refractivity contribution is 0.0975. The van der Waals surface area contributed by atoms with Gasteiger partial charge in [0.25, 0.3) is 5.91 Å². The minimum absolute atomic E-state index is 0.0616. The molecular weight excluding hydrogens is 386 g/mol. The number of methoxy groups -OCH3 is 3. The molecule has 8 nitrogen and oxygen atoms in total. The Morgan fingerprint density at radius 2 is 1.70 bits per heavy atom. The fraction of sp³-hybridized carbons (Fsp3) is 0.364. The number of amides is 1. The van der Waals surface area contributed by atoms with Gasteiger partial charge in [-0.3, -0.25) is 10.1 Å². The highest BCUT2D eigenvalue weighted by atomic mass is 16.5. The molecule has 0 bridgehead atoms. The molecule has 1 amide bonds. The van der Waals surface area contributed by atoms with Gasteiger partial charge in [-0.05, 0) is 49.2 Å². The molecule has 0 spiro atoms. The summed E-state index contributed by atoms with van der Waals surface area (Å²) in [6.45, 7) is 1.21. The largest absolute Gasteiger partial charge is 0.497 e. The summed E-state index contributed by atoms with van der Waals surface area (Å²) in [5.41, 5.74) is 1.16. The van der Waals surface area contributed by atoms with E-state index < -0.39 is 0 Å². The van der Waals surface area contributed by atoms with Crippen LogP contribution in [0.25, 0.3) is 0 Å². The van der Waals surface area contributed by atoms with E-state index in [9.17, 15) is 4.79 Å². The van der Waals surface area contributed by atoms with Crippen LogP contribution in [0.1, 0.15) is 23.2 Å². The molecule has 30 heavy (non-hydrogen) atoms. The molecule has 1 aliphatic heterocycles. The van der Waals surface area contributed by atoms with Gasteiger partial charge < -0.3 is 24.3 Å². The number of hydrogen-bond acceptors (Lipinski definition) is 6. The standard InChI is InChI=1S/C22H27N3O5/c1-27-17-8-6-16(7-9-17)24-22(23-14-18-5-4-10-30-18)25-21(26)15-11-19(28-2)13-20(12-15)29-3/h6-9,11-13,18H,4-5,10,14H2,1-3H3,(H2,23,24,25,26)/t18-/m1/s1. The van der Waals surface area contributed by atoms with Crippen LogP contribution in [0.5, 0.6) is 17.2 Å². The van der Waals surface area contributed by atoms with E-state index in [2.05, 4.69) is 15.6 Å². The van der Waals surface area contributed by atoms with Gasteiger partial charge in [0.1, 0.15) is 17.2 Å². The number of benzene rings is 2. The van der Waals surface area contributed by atoms with Crippen molar-refractivity contribution in [2.45, 2.75) is 18.9 Å². The molecule has 1 heterocycles. The predicted molar refractivity (Wildman–Crippen MR) is 115 cm³/mol. The third-order valence-corrected chi connectivity index (χ3v) is 4.68. The molecule has 1 atom stereocenters. The van der Waals surface area contributed by atoms with Crippen molar-refractivity contribution in [2.24, 2.45) is 4.99 Å². The molecule has 160 valence electrons. The highest BCUT2D eigenvalue weighted by Crippen LogP contribution is 2.22. The van der Waals surface area contributed by atoms with Crippen molar-refractivity contribution in [3.05, 3.63) is 48.0 Å². The van der Waals surface area contributed by atoms with Crippen molar-refractivity contribution in [1.82, 2.24) is 5.32 Å². The molecule has 8 heteroatoms. The first-order chi connectivity index (χ1) is 14.6. The summed E-state index contributed by atoms with van der Waals surface area (Å²) in [7, 11) is 4.69. The first-order valence-corrected chi connectivity index (χ1v) is 9.73. The van der Waals surface area contributed by atoms with Gasteiger partial charge in [-0.15, -0.1) is 0 Å². The van der Waals surface area contributed by atoms with Crippen molar-refractivity contribution in [2.75, 3.05) is 39.8 Å². The number of nitrogens with zero attached hydrogens (tertiary/aromatic N) is 1. The third-order valence-electron chi connectivity index (χ3n) is 4.68. The lowest BCUT2D eigenvalue weighted by Gasteiger charge is -2.14. The number of guanidine groups is 1. The average molecular weight is 413 g/mol. The van der Waals surface area contributed by atoms with Gasteiger partial charge >= 0.3 is 0 Å². The molecular formula is C22H27N3O5. The summed E-state index contributed by atoms with van der Waals surface area (Å²) < 4.78 is 21.3. The zero-order valence-corrected chi connectivity index (χ0v) is 17.4. The second-order valence-electron chi connectivity index (χ2n) is 6.73. The van der Waals surface area contributed by atoms with Crippen LogP contribution in [-0.2, 0) is 4.74 Å². The van der Waals surface area contributed by atoms with Crippen molar-refractivity contribution in [1.29, 1.82) is 0 Å². The normalized spacial score (nSPS) is 16.1. The Kier molecular flexibility index (Phi) is 7.51. The van der Waals surface area contributed by atoms with E-state index in [1.54, 1.807) is 25.3 Å². The van der Waals surface area contributed by atoms with Crippen LogP contribution < -0.4 is 24.8 Å². The number of anilines is 1. The van der Waals surface area contributed by atoms with Crippen molar-refractivity contribution >= 4 is 17.6 Å². The van der Waals surface area contributed by atoms with Crippen LogP contribution in [0.2, 0.25) is 0 Å². The minimum Gasteiger partial charge on any atom is -0.497 e. The highest BCUT2D eigenvalue weighted by Gasteiger charge is 2.17. The summed E-state index contributed by atoms with van der Waals surface area (Å²) in [6, 6.07) is 12.3. The van der Waals surface area contributed by atoms with E-state index in [4.69, 9.17) is 18.9 Å². The Bertz CT molecular complexity index is 855. The van der Waals surface area contributed by atoms with Gasteiger partial charge in [-0.1, -0.05) is 0 Å².